The monoisotopic (exact) mass is 459 g/mol. The predicted molar refractivity (Wildman–Crippen MR) is 122 cm³/mol. The van der Waals surface area contributed by atoms with Gasteiger partial charge in [-0.15, -0.1) is 0 Å². The van der Waals surface area contributed by atoms with Crippen LogP contribution in [0, 0.1) is 0 Å². The van der Waals surface area contributed by atoms with Crippen molar-refractivity contribution in [1.29, 1.82) is 0 Å². The summed E-state index contributed by atoms with van der Waals surface area (Å²) in [7, 11) is -2.00. The van der Waals surface area contributed by atoms with Gasteiger partial charge >= 0.3 is 0 Å². The molecular weight excluding hydrogens is 430 g/mol. The third-order valence-electron chi connectivity index (χ3n) is 5.40. The van der Waals surface area contributed by atoms with Crippen molar-refractivity contribution in [2.24, 2.45) is 0 Å². The number of sulfonamides is 1. The maximum Gasteiger partial charge on any atom is 0.253 e. The minimum absolute atomic E-state index is 0.148. The summed E-state index contributed by atoms with van der Waals surface area (Å²) < 4.78 is 31.8. The van der Waals surface area contributed by atoms with Gasteiger partial charge in [-0.3, -0.25) is 9.59 Å². The summed E-state index contributed by atoms with van der Waals surface area (Å²) >= 11 is 0. The van der Waals surface area contributed by atoms with Crippen molar-refractivity contribution in [2.45, 2.75) is 50.3 Å². The van der Waals surface area contributed by atoms with E-state index in [1.807, 2.05) is 13.8 Å². The van der Waals surface area contributed by atoms with Crippen LogP contribution in [0.15, 0.2) is 53.4 Å². The van der Waals surface area contributed by atoms with Crippen LogP contribution in [0.4, 0.5) is 5.69 Å². The molecule has 0 aromatic heterocycles. The van der Waals surface area contributed by atoms with Gasteiger partial charge in [0.25, 0.3) is 11.8 Å². The summed E-state index contributed by atoms with van der Waals surface area (Å²) in [6.45, 7) is 4.45. The first kappa shape index (κ1) is 23.9. The summed E-state index contributed by atoms with van der Waals surface area (Å²) in [5.41, 5.74) is 1.71. The Morgan fingerprint density at radius 1 is 1.16 bits per heavy atom. The Balaban J connectivity index is 1.59. The summed E-state index contributed by atoms with van der Waals surface area (Å²) in [6, 6.07) is 13.0. The average Bonchev–Trinajstić information content (AvgIpc) is 3.32. The number of rotatable bonds is 8. The van der Waals surface area contributed by atoms with Gasteiger partial charge in [0.05, 0.1) is 4.90 Å². The highest BCUT2D eigenvalue weighted by molar-refractivity contribution is 7.89. The molecule has 1 atom stereocenters. The fourth-order valence-electron chi connectivity index (χ4n) is 3.25. The first-order chi connectivity index (χ1) is 15.2. The lowest BCUT2D eigenvalue weighted by molar-refractivity contribution is -0.124. The second-order valence-corrected chi connectivity index (χ2v) is 10.0. The van der Waals surface area contributed by atoms with Crippen molar-refractivity contribution in [1.82, 2.24) is 9.62 Å². The number of nitrogens with zero attached hydrogens (tertiary/aromatic N) is 1. The minimum atomic E-state index is -3.55. The first-order valence-corrected chi connectivity index (χ1v) is 12.0. The predicted octanol–water partition coefficient (Wildman–Crippen LogP) is 2.76. The Kier molecular flexibility index (Phi) is 7.65. The van der Waals surface area contributed by atoms with Crippen LogP contribution < -0.4 is 10.6 Å². The highest BCUT2D eigenvalue weighted by Gasteiger charge is 2.24. The zero-order valence-electron chi connectivity index (χ0n) is 18.5. The molecule has 32 heavy (non-hydrogen) atoms. The topological polar surface area (TPSA) is 105 Å². The Bertz CT molecular complexity index is 1060. The standard InChI is InChI=1S/C23H29N3O5S/c1-16(2)26(3)32(29,30)20-11-9-17(10-12-20)15-24-22(27)18-6-4-7-19(14-18)25-23(28)21-8-5-13-31-21/h4,6-7,9-12,14,16,21H,5,8,13,15H2,1-3H3,(H,24,27)(H,25,28). The molecule has 0 radical (unpaired) electrons. The molecule has 0 aliphatic carbocycles. The van der Waals surface area contributed by atoms with E-state index < -0.39 is 16.1 Å². The van der Waals surface area contributed by atoms with Crippen LogP contribution in [-0.2, 0) is 26.1 Å². The van der Waals surface area contributed by atoms with Crippen LogP contribution in [0.25, 0.3) is 0 Å². The number of hydrogen-bond donors (Lipinski definition) is 2. The van der Waals surface area contributed by atoms with Gasteiger partial charge < -0.3 is 15.4 Å². The molecule has 9 heteroatoms. The third-order valence-corrected chi connectivity index (χ3v) is 7.44. The van der Waals surface area contributed by atoms with Crippen LogP contribution in [0.2, 0.25) is 0 Å². The molecule has 0 spiro atoms. The van der Waals surface area contributed by atoms with Crippen LogP contribution in [0.3, 0.4) is 0 Å². The molecule has 1 heterocycles. The van der Waals surface area contributed by atoms with Gasteiger partial charge in [-0.1, -0.05) is 18.2 Å². The molecule has 0 saturated carbocycles. The molecule has 1 fully saturated rings. The molecule has 8 nitrogen and oxygen atoms in total. The van der Waals surface area contributed by atoms with Crippen LogP contribution in [0.5, 0.6) is 0 Å². The lowest BCUT2D eigenvalue weighted by Gasteiger charge is -2.21. The number of nitrogens with one attached hydrogen (secondary N) is 2. The molecule has 2 aromatic carbocycles. The highest BCUT2D eigenvalue weighted by atomic mass is 32.2. The van der Waals surface area contributed by atoms with Crippen molar-refractivity contribution < 1.29 is 22.7 Å². The summed E-state index contributed by atoms with van der Waals surface area (Å²) in [5.74, 6) is -0.507. The number of hydrogen-bond acceptors (Lipinski definition) is 5. The second kappa shape index (κ2) is 10.2. The van der Waals surface area contributed by atoms with E-state index in [1.165, 1.54) is 16.4 Å². The fourth-order valence-corrected chi connectivity index (χ4v) is 4.62. The van der Waals surface area contributed by atoms with Gasteiger partial charge in [0.15, 0.2) is 0 Å². The normalized spacial score (nSPS) is 16.3. The molecule has 1 saturated heterocycles. The molecule has 2 amide bonds. The van der Waals surface area contributed by atoms with Crippen LogP contribution in [-0.4, -0.2) is 50.3 Å². The van der Waals surface area contributed by atoms with Gasteiger partial charge in [-0.2, -0.15) is 4.31 Å². The van der Waals surface area contributed by atoms with Crippen molar-refractivity contribution >= 4 is 27.5 Å². The van der Waals surface area contributed by atoms with Gasteiger partial charge in [0, 0.05) is 37.5 Å². The molecule has 1 aliphatic rings. The zero-order chi connectivity index (χ0) is 23.3. The molecule has 0 bridgehead atoms. The van der Waals surface area contributed by atoms with Crippen molar-refractivity contribution in [3.05, 3.63) is 59.7 Å². The SMILES string of the molecule is CC(C)N(C)S(=O)(=O)c1ccc(CNC(=O)c2cccc(NC(=O)C3CCCO3)c2)cc1. The molecule has 172 valence electrons. The lowest BCUT2D eigenvalue weighted by atomic mass is 10.1. The molecule has 3 rings (SSSR count). The minimum Gasteiger partial charge on any atom is -0.368 e. The highest BCUT2D eigenvalue weighted by Crippen LogP contribution is 2.18. The first-order valence-electron chi connectivity index (χ1n) is 10.6. The van der Waals surface area contributed by atoms with E-state index in [1.54, 1.807) is 43.4 Å². The maximum absolute atomic E-state index is 12.6. The smallest absolute Gasteiger partial charge is 0.253 e. The van der Waals surface area contributed by atoms with Crippen LogP contribution in [0.1, 0.15) is 42.6 Å². The number of ether oxygens (including phenoxy) is 1. The van der Waals surface area contributed by atoms with Gasteiger partial charge in [-0.05, 0) is 62.6 Å². The van der Waals surface area contributed by atoms with E-state index in [9.17, 15) is 18.0 Å². The number of amides is 2. The Labute approximate surface area is 189 Å². The van der Waals surface area contributed by atoms with Gasteiger partial charge in [-0.25, -0.2) is 8.42 Å². The molecule has 2 N–H and O–H groups in total. The number of benzene rings is 2. The molecule has 2 aromatic rings. The summed E-state index contributed by atoms with van der Waals surface area (Å²) in [5, 5.41) is 5.60. The van der Waals surface area contributed by atoms with Crippen molar-refractivity contribution in [3.63, 3.8) is 0 Å². The van der Waals surface area contributed by atoms with Crippen molar-refractivity contribution in [2.75, 3.05) is 19.0 Å². The number of carbonyl (C=O) groups is 2. The Morgan fingerprint density at radius 2 is 1.88 bits per heavy atom. The summed E-state index contributed by atoms with van der Waals surface area (Å²) in [6.07, 6.45) is 1.11. The van der Waals surface area contributed by atoms with E-state index in [4.69, 9.17) is 4.74 Å². The molecular formula is C23H29N3O5S. The second-order valence-electron chi connectivity index (χ2n) is 8.01. The third kappa shape index (κ3) is 5.73. The van der Waals surface area contributed by atoms with E-state index >= 15 is 0 Å². The molecule has 1 aliphatic heterocycles. The van der Waals surface area contributed by atoms with E-state index in [2.05, 4.69) is 10.6 Å². The fraction of sp³-hybridized carbons (Fsp3) is 0.391. The van der Waals surface area contributed by atoms with Crippen molar-refractivity contribution in [3.8, 4) is 0 Å². The Hall–Kier alpha value is -2.75. The molecule has 1 unspecified atom stereocenters. The van der Waals surface area contributed by atoms with E-state index in [-0.39, 0.29) is 29.3 Å². The van der Waals surface area contributed by atoms with E-state index in [0.29, 0.717) is 24.3 Å². The largest absolute Gasteiger partial charge is 0.368 e. The lowest BCUT2D eigenvalue weighted by Crippen LogP contribution is -2.33. The maximum atomic E-state index is 12.6. The summed E-state index contributed by atoms with van der Waals surface area (Å²) in [4.78, 5) is 25.0. The van der Waals surface area contributed by atoms with Gasteiger partial charge in [0.2, 0.25) is 10.0 Å². The Morgan fingerprint density at radius 3 is 2.50 bits per heavy atom. The quantitative estimate of drug-likeness (QED) is 0.632. The van der Waals surface area contributed by atoms with E-state index in [0.717, 1.165) is 12.0 Å². The van der Waals surface area contributed by atoms with Gasteiger partial charge in [0.1, 0.15) is 6.10 Å². The van der Waals surface area contributed by atoms with Crippen LogP contribution >= 0.6 is 0 Å². The number of carbonyl (C=O) groups excluding carboxylic acids is 2. The number of anilines is 1. The average molecular weight is 460 g/mol. The zero-order valence-corrected chi connectivity index (χ0v) is 19.3.